The molecule has 0 bridgehead atoms. The summed E-state index contributed by atoms with van der Waals surface area (Å²) in [5, 5.41) is 1.11. The standard InChI is InChI=1S/C21H21NO3/c1-14-8-7-11-16-18(13-22(2)20(14)16)17(12-19(23)21(24)25-3)15-9-5-4-6-10-15/h4-11,13,17H,12H2,1-3H3/t17-/m0/s1. The predicted octanol–water partition coefficient (Wildman–Crippen LogP) is 3.75. The Bertz CT molecular complexity index is 925. The topological polar surface area (TPSA) is 48.3 Å². The van der Waals surface area contributed by atoms with Crippen molar-refractivity contribution in [2.75, 3.05) is 7.11 Å². The molecule has 0 aliphatic carbocycles. The molecule has 1 atom stereocenters. The highest BCUT2D eigenvalue weighted by Gasteiger charge is 2.26. The van der Waals surface area contributed by atoms with Crippen molar-refractivity contribution in [3.8, 4) is 0 Å². The summed E-state index contributed by atoms with van der Waals surface area (Å²) in [6.07, 6.45) is 2.14. The number of Topliss-reactive ketones (excluding diaryl/α,β-unsaturated/α-hetero) is 1. The van der Waals surface area contributed by atoms with Gasteiger partial charge in [-0.25, -0.2) is 4.79 Å². The van der Waals surface area contributed by atoms with E-state index in [-0.39, 0.29) is 12.3 Å². The Morgan fingerprint density at radius 3 is 2.48 bits per heavy atom. The quantitative estimate of drug-likeness (QED) is 0.527. The normalized spacial score (nSPS) is 12.1. The van der Waals surface area contributed by atoms with Crippen LogP contribution in [0, 0.1) is 6.92 Å². The number of methoxy groups -OCH3 is 1. The summed E-state index contributed by atoms with van der Waals surface area (Å²) in [5.74, 6) is -1.50. The molecule has 0 N–H and O–H groups in total. The lowest BCUT2D eigenvalue weighted by molar-refractivity contribution is -0.151. The van der Waals surface area contributed by atoms with Gasteiger partial charge in [-0.1, -0.05) is 48.5 Å². The van der Waals surface area contributed by atoms with Crippen molar-refractivity contribution in [2.45, 2.75) is 19.3 Å². The summed E-state index contributed by atoms with van der Waals surface area (Å²) in [6, 6.07) is 16.0. The van der Waals surface area contributed by atoms with Crippen LogP contribution < -0.4 is 0 Å². The van der Waals surface area contributed by atoms with Crippen molar-refractivity contribution < 1.29 is 14.3 Å². The van der Waals surface area contributed by atoms with Crippen LogP contribution in [0.1, 0.15) is 29.0 Å². The van der Waals surface area contributed by atoms with Gasteiger partial charge in [0.05, 0.1) is 12.6 Å². The Morgan fingerprint density at radius 1 is 1.08 bits per heavy atom. The minimum Gasteiger partial charge on any atom is -0.463 e. The SMILES string of the molecule is COC(=O)C(=O)C[C@@H](c1ccccc1)c1cn(C)c2c(C)cccc12. The monoisotopic (exact) mass is 335 g/mol. The second-order valence-corrected chi connectivity index (χ2v) is 6.25. The number of nitrogens with zero attached hydrogens (tertiary/aromatic N) is 1. The zero-order chi connectivity index (χ0) is 18.0. The van der Waals surface area contributed by atoms with E-state index in [0.29, 0.717) is 0 Å². The zero-order valence-electron chi connectivity index (χ0n) is 14.7. The number of benzene rings is 2. The van der Waals surface area contributed by atoms with E-state index < -0.39 is 11.8 Å². The third-order valence-electron chi connectivity index (χ3n) is 4.61. The summed E-state index contributed by atoms with van der Waals surface area (Å²) in [5.41, 5.74) is 4.37. The van der Waals surface area contributed by atoms with Gasteiger partial charge in [-0.05, 0) is 23.6 Å². The van der Waals surface area contributed by atoms with E-state index in [1.54, 1.807) is 0 Å². The number of ether oxygens (including phenoxy) is 1. The molecular formula is C21H21NO3. The summed E-state index contributed by atoms with van der Waals surface area (Å²) in [4.78, 5) is 23.9. The van der Waals surface area contributed by atoms with Crippen molar-refractivity contribution in [1.82, 2.24) is 4.57 Å². The number of hydrogen-bond donors (Lipinski definition) is 0. The van der Waals surface area contributed by atoms with Crippen LogP contribution >= 0.6 is 0 Å². The number of carbonyl (C=O) groups is 2. The van der Waals surface area contributed by atoms with Gasteiger partial charge in [0.2, 0.25) is 5.78 Å². The summed E-state index contributed by atoms with van der Waals surface area (Å²) >= 11 is 0. The van der Waals surface area contributed by atoms with Gasteiger partial charge in [-0.2, -0.15) is 0 Å². The van der Waals surface area contributed by atoms with Crippen molar-refractivity contribution in [1.29, 1.82) is 0 Å². The van der Waals surface area contributed by atoms with Crippen LogP contribution in [-0.2, 0) is 21.4 Å². The molecule has 0 saturated heterocycles. The smallest absolute Gasteiger partial charge is 0.374 e. The Labute approximate surface area is 147 Å². The molecule has 128 valence electrons. The molecule has 1 heterocycles. The Morgan fingerprint density at radius 2 is 1.80 bits per heavy atom. The lowest BCUT2D eigenvalue weighted by Crippen LogP contribution is -2.19. The third kappa shape index (κ3) is 3.20. The highest BCUT2D eigenvalue weighted by atomic mass is 16.5. The van der Waals surface area contributed by atoms with E-state index in [1.807, 2.05) is 43.4 Å². The first-order valence-corrected chi connectivity index (χ1v) is 8.23. The fourth-order valence-corrected chi connectivity index (χ4v) is 3.46. The second-order valence-electron chi connectivity index (χ2n) is 6.25. The Hall–Kier alpha value is -2.88. The van der Waals surface area contributed by atoms with E-state index in [1.165, 1.54) is 12.7 Å². The predicted molar refractivity (Wildman–Crippen MR) is 97.6 cm³/mol. The van der Waals surface area contributed by atoms with Crippen molar-refractivity contribution in [3.05, 3.63) is 71.4 Å². The molecule has 3 aromatic rings. The van der Waals surface area contributed by atoms with Crippen LogP contribution in [0.3, 0.4) is 0 Å². The summed E-state index contributed by atoms with van der Waals surface area (Å²) in [6.45, 7) is 2.07. The molecule has 1 aromatic heterocycles. The molecule has 0 saturated carbocycles. The van der Waals surface area contributed by atoms with E-state index in [0.717, 1.165) is 22.0 Å². The van der Waals surface area contributed by atoms with Gasteiger partial charge in [0.15, 0.2) is 0 Å². The van der Waals surface area contributed by atoms with E-state index >= 15 is 0 Å². The number of rotatable bonds is 5. The van der Waals surface area contributed by atoms with Crippen molar-refractivity contribution in [2.24, 2.45) is 7.05 Å². The van der Waals surface area contributed by atoms with Crippen LogP contribution in [0.4, 0.5) is 0 Å². The maximum absolute atomic E-state index is 12.3. The van der Waals surface area contributed by atoms with Crippen LogP contribution in [0.15, 0.2) is 54.7 Å². The molecule has 0 spiro atoms. The second kappa shape index (κ2) is 6.93. The maximum Gasteiger partial charge on any atom is 0.374 e. The van der Waals surface area contributed by atoms with Gasteiger partial charge in [0, 0.05) is 31.0 Å². The van der Waals surface area contributed by atoms with Gasteiger partial charge in [-0.15, -0.1) is 0 Å². The van der Waals surface area contributed by atoms with Crippen LogP contribution in [0.5, 0.6) is 0 Å². The number of aromatic nitrogens is 1. The summed E-state index contributed by atoms with van der Waals surface area (Å²) < 4.78 is 6.68. The fraction of sp³-hybridized carbons (Fsp3) is 0.238. The highest BCUT2D eigenvalue weighted by molar-refractivity contribution is 6.33. The third-order valence-corrected chi connectivity index (χ3v) is 4.61. The molecule has 4 nitrogen and oxygen atoms in total. The number of carbonyl (C=O) groups excluding carboxylic acids is 2. The first-order chi connectivity index (χ1) is 12.0. The molecule has 0 fully saturated rings. The number of ketones is 1. The van der Waals surface area contributed by atoms with Gasteiger partial charge in [-0.3, -0.25) is 4.79 Å². The number of hydrogen-bond acceptors (Lipinski definition) is 3. The average molecular weight is 335 g/mol. The molecule has 2 aromatic carbocycles. The lowest BCUT2D eigenvalue weighted by atomic mass is 9.86. The number of fused-ring (bicyclic) bond motifs is 1. The molecular weight excluding hydrogens is 314 g/mol. The van der Waals surface area contributed by atoms with Gasteiger partial charge < -0.3 is 9.30 Å². The maximum atomic E-state index is 12.3. The van der Waals surface area contributed by atoms with E-state index in [4.69, 9.17) is 0 Å². The van der Waals surface area contributed by atoms with E-state index in [2.05, 4.69) is 34.6 Å². The fourth-order valence-electron chi connectivity index (χ4n) is 3.46. The van der Waals surface area contributed by atoms with Crippen LogP contribution in [-0.4, -0.2) is 23.4 Å². The van der Waals surface area contributed by atoms with Crippen LogP contribution in [0.2, 0.25) is 0 Å². The molecule has 0 radical (unpaired) electrons. The minimum atomic E-state index is -0.794. The van der Waals surface area contributed by atoms with Gasteiger partial charge in [0.1, 0.15) is 0 Å². The molecule has 0 aliphatic heterocycles. The van der Waals surface area contributed by atoms with Crippen molar-refractivity contribution in [3.63, 3.8) is 0 Å². The number of aryl methyl sites for hydroxylation is 2. The largest absolute Gasteiger partial charge is 0.463 e. The Kier molecular flexibility index (Phi) is 4.70. The van der Waals surface area contributed by atoms with Gasteiger partial charge >= 0.3 is 5.97 Å². The highest BCUT2D eigenvalue weighted by Crippen LogP contribution is 2.35. The number of para-hydroxylation sites is 1. The molecule has 25 heavy (non-hydrogen) atoms. The molecule has 3 rings (SSSR count). The van der Waals surface area contributed by atoms with E-state index in [9.17, 15) is 9.59 Å². The molecule has 0 unspecified atom stereocenters. The number of esters is 1. The van der Waals surface area contributed by atoms with Gasteiger partial charge in [0.25, 0.3) is 0 Å². The minimum absolute atomic E-state index is 0.0870. The average Bonchev–Trinajstić information content (AvgIpc) is 2.97. The Balaban J connectivity index is 2.14. The first kappa shape index (κ1) is 17.0. The van der Waals surface area contributed by atoms with Crippen molar-refractivity contribution >= 4 is 22.7 Å². The molecule has 0 aliphatic rings. The molecule has 0 amide bonds. The van der Waals surface area contributed by atoms with Crippen LogP contribution in [0.25, 0.3) is 10.9 Å². The zero-order valence-corrected chi connectivity index (χ0v) is 14.7. The lowest BCUT2D eigenvalue weighted by Gasteiger charge is -2.16. The molecule has 4 heteroatoms. The first-order valence-electron chi connectivity index (χ1n) is 8.23. The summed E-state index contributed by atoms with van der Waals surface area (Å²) in [7, 11) is 3.24.